The second kappa shape index (κ2) is 2.26. The minimum atomic E-state index is 0.791. The standard InChI is InChI=1S/C8H4ClS/c9-7-1-2-8-6(5-7)3-4-10-8/h1-3,5H. The van der Waals surface area contributed by atoms with Crippen molar-refractivity contribution in [2.75, 3.05) is 0 Å². The highest BCUT2D eigenvalue weighted by atomic mass is 35.5. The van der Waals surface area contributed by atoms with Crippen LogP contribution in [0.25, 0.3) is 10.1 Å². The average molecular weight is 168 g/mol. The van der Waals surface area contributed by atoms with Gasteiger partial charge in [0.1, 0.15) is 0 Å². The molecule has 0 aliphatic heterocycles. The molecule has 1 aromatic carbocycles. The molecule has 49 valence electrons. The van der Waals surface area contributed by atoms with E-state index in [9.17, 15) is 0 Å². The van der Waals surface area contributed by atoms with Crippen LogP contribution in [0, 0.1) is 5.38 Å². The molecule has 0 spiro atoms. The van der Waals surface area contributed by atoms with Gasteiger partial charge in [-0.3, -0.25) is 0 Å². The Balaban J connectivity index is 2.86. The number of hydrogen-bond donors (Lipinski definition) is 0. The molecule has 1 heterocycles. The Morgan fingerprint density at radius 2 is 2.30 bits per heavy atom. The zero-order valence-corrected chi connectivity index (χ0v) is 6.67. The number of halogens is 1. The number of fused-ring (bicyclic) bond motifs is 1. The van der Waals surface area contributed by atoms with E-state index in [-0.39, 0.29) is 0 Å². The molecule has 0 saturated carbocycles. The highest BCUT2D eigenvalue weighted by Gasteiger charge is 1.93. The van der Waals surface area contributed by atoms with Gasteiger partial charge in [-0.15, -0.1) is 11.3 Å². The van der Waals surface area contributed by atoms with Crippen molar-refractivity contribution in [2.24, 2.45) is 0 Å². The minimum Gasteiger partial charge on any atom is -0.134 e. The van der Waals surface area contributed by atoms with E-state index in [1.165, 1.54) is 10.1 Å². The van der Waals surface area contributed by atoms with E-state index in [0.29, 0.717) is 0 Å². The molecule has 0 aliphatic carbocycles. The molecule has 0 N–H and O–H groups in total. The summed E-state index contributed by atoms with van der Waals surface area (Å²) in [5, 5.41) is 5.02. The van der Waals surface area contributed by atoms with Crippen molar-refractivity contribution in [3.63, 3.8) is 0 Å². The van der Waals surface area contributed by atoms with Crippen LogP contribution < -0.4 is 0 Å². The summed E-state index contributed by atoms with van der Waals surface area (Å²) in [5.41, 5.74) is 0. The molecule has 0 nitrogen and oxygen atoms in total. The molecule has 0 saturated heterocycles. The van der Waals surface area contributed by atoms with Gasteiger partial charge in [0.05, 0.1) is 0 Å². The van der Waals surface area contributed by atoms with Crippen LogP contribution in [-0.4, -0.2) is 0 Å². The smallest absolute Gasteiger partial charge is 0.0455 e. The molecule has 2 aromatic rings. The number of benzene rings is 1. The Labute approximate surface area is 68.1 Å². The normalized spacial score (nSPS) is 10.5. The summed E-state index contributed by atoms with van der Waals surface area (Å²) >= 11 is 7.38. The van der Waals surface area contributed by atoms with Gasteiger partial charge in [0, 0.05) is 15.1 Å². The Hall–Kier alpha value is -0.530. The van der Waals surface area contributed by atoms with Crippen molar-refractivity contribution in [2.45, 2.75) is 0 Å². The zero-order chi connectivity index (χ0) is 6.97. The fourth-order valence-corrected chi connectivity index (χ4v) is 1.75. The van der Waals surface area contributed by atoms with Crippen LogP contribution in [0.1, 0.15) is 0 Å². The highest BCUT2D eigenvalue weighted by Crippen LogP contribution is 2.22. The third kappa shape index (κ3) is 0.917. The Morgan fingerprint density at radius 1 is 1.40 bits per heavy atom. The maximum Gasteiger partial charge on any atom is 0.0455 e. The Kier molecular flexibility index (Phi) is 1.40. The predicted molar refractivity (Wildman–Crippen MR) is 45.7 cm³/mol. The molecular formula is C8H4ClS. The number of rotatable bonds is 0. The van der Waals surface area contributed by atoms with Crippen LogP contribution >= 0.6 is 22.9 Å². The molecule has 0 fully saturated rings. The third-order valence-electron chi connectivity index (χ3n) is 1.36. The van der Waals surface area contributed by atoms with E-state index in [2.05, 4.69) is 5.38 Å². The lowest BCUT2D eigenvalue weighted by Gasteiger charge is -1.87. The fraction of sp³-hybridized carbons (Fsp3) is 0. The summed E-state index contributed by atoms with van der Waals surface area (Å²) in [7, 11) is 0. The van der Waals surface area contributed by atoms with Crippen molar-refractivity contribution >= 4 is 33.0 Å². The molecule has 0 unspecified atom stereocenters. The highest BCUT2D eigenvalue weighted by molar-refractivity contribution is 7.16. The fourth-order valence-electron chi connectivity index (χ4n) is 0.881. The summed E-state index contributed by atoms with van der Waals surface area (Å²) < 4.78 is 1.24. The summed E-state index contributed by atoms with van der Waals surface area (Å²) in [6, 6.07) is 7.81. The van der Waals surface area contributed by atoms with Gasteiger partial charge in [0.2, 0.25) is 0 Å². The largest absolute Gasteiger partial charge is 0.134 e. The maximum atomic E-state index is 5.77. The Morgan fingerprint density at radius 3 is 3.20 bits per heavy atom. The van der Waals surface area contributed by atoms with E-state index >= 15 is 0 Å². The van der Waals surface area contributed by atoms with Crippen LogP contribution in [0.4, 0.5) is 0 Å². The number of hydrogen-bond acceptors (Lipinski definition) is 1. The van der Waals surface area contributed by atoms with Gasteiger partial charge in [-0.1, -0.05) is 11.6 Å². The maximum absolute atomic E-state index is 5.77. The van der Waals surface area contributed by atoms with E-state index in [1.807, 2.05) is 24.3 Å². The lowest BCUT2D eigenvalue weighted by molar-refractivity contribution is 1.85. The summed E-state index contributed by atoms with van der Waals surface area (Å²) in [6.45, 7) is 0. The minimum absolute atomic E-state index is 0.791. The van der Waals surface area contributed by atoms with Crippen LogP contribution in [-0.2, 0) is 0 Å². The first-order chi connectivity index (χ1) is 4.86. The first-order valence-electron chi connectivity index (χ1n) is 2.91. The predicted octanol–water partition coefficient (Wildman–Crippen LogP) is 3.35. The van der Waals surface area contributed by atoms with Crippen LogP contribution in [0.5, 0.6) is 0 Å². The summed E-state index contributed by atoms with van der Waals surface area (Å²) in [4.78, 5) is 0. The van der Waals surface area contributed by atoms with Crippen molar-refractivity contribution in [3.8, 4) is 0 Å². The third-order valence-corrected chi connectivity index (χ3v) is 2.42. The summed E-state index contributed by atoms with van der Waals surface area (Å²) in [6.07, 6.45) is 0. The molecule has 0 aliphatic rings. The van der Waals surface area contributed by atoms with Crippen LogP contribution in [0.15, 0.2) is 24.3 Å². The van der Waals surface area contributed by atoms with Crippen molar-refractivity contribution in [1.82, 2.24) is 0 Å². The van der Waals surface area contributed by atoms with Gasteiger partial charge in [-0.2, -0.15) is 0 Å². The molecule has 2 heteroatoms. The lowest BCUT2D eigenvalue weighted by atomic mass is 10.3. The molecule has 10 heavy (non-hydrogen) atoms. The van der Waals surface area contributed by atoms with Gasteiger partial charge < -0.3 is 0 Å². The summed E-state index contributed by atoms with van der Waals surface area (Å²) in [5.74, 6) is 0. The molecule has 0 bridgehead atoms. The first kappa shape index (κ1) is 6.20. The molecule has 2 rings (SSSR count). The van der Waals surface area contributed by atoms with E-state index in [4.69, 9.17) is 11.6 Å². The van der Waals surface area contributed by atoms with Gasteiger partial charge in [0.25, 0.3) is 0 Å². The Bertz CT molecular complexity index is 351. The van der Waals surface area contributed by atoms with Gasteiger partial charge in [-0.05, 0) is 29.7 Å². The SMILES string of the molecule is Clc1ccc2s[c]cc2c1. The quantitative estimate of drug-likeness (QED) is 0.565. The van der Waals surface area contributed by atoms with Gasteiger partial charge in [-0.25, -0.2) is 0 Å². The van der Waals surface area contributed by atoms with E-state index < -0.39 is 0 Å². The first-order valence-corrected chi connectivity index (χ1v) is 4.11. The van der Waals surface area contributed by atoms with Crippen molar-refractivity contribution in [1.29, 1.82) is 0 Å². The molecule has 1 radical (unpaired) electrons. The molecular weight excluding hydrogens is 164 g/mol. The second-order valence-electron chi connectivity index (χ2n) is 2.05. The second-order valence-corrected chi connectivity index (χ2v) is 3.36. The molecule has 1 aromatic heterocycles. The molecule has 0 atom stereocenters. The van der Waals surface area contributed by atoms with Crippen molar-refractivity contribution in [3.05, 3.63) is 34.7 Å². The van der Waals surface area contributed by atoms with Crippen molar-refractivity contribution < 1.29 is 0 Å². The van der Waals surface area contributed by atoms with Crippen LogP contribution in [0.2, 0.25) is 5.02 Å². The lowest BCUT2D eigenvalue weighted by Crippen LogP contribution is -1.61. The number of thiophene rings is 1. The van der Waals surface area contributed by atoms with Crippen LogP contribution in [0.3, 0.4) is 0 Å². The van der Waals surface area contributed by atoms with Gasteiger partial charge >= 0.3 is 0 Å². The molecule has 0 amide bonds. The monoisotopic (exact) mass is 167 g/mol. The average Bonchev–Trinajstić information content (AvgIpc) is 2.33. The zero-order valence-electron chi connectivity index (χ0n) is 5.10. The van der Waals surface area contributed by atoms with E-state index in [1.54, 1.807) is 11.3 Å². The van der Waals surface area contributed by atoms with Gasteiger partial charge in [0.15, 0.2) is 0 Å². The topological polar surface area (TPSA) is 0 Å². The van der Waals surface area contributed by atoms with E-state index in [0.717, 1.165) is 5.02 Å².